The van der Waals surface area contributed by atoms with Gasteiger partial charge in [0.15, 0.2) is 0 Å². The van der Waals surface area contributed by atoms with Crippen molar-refractivity contribution < 1.29 is 0 Å². The zero-order valence-corrected chi connectivity index (χ0v) is 12.9. The van der Waals surface area contributed by atoms with Crippen molar-refractivity contribution in [3.8, 4) is 6.07 Å². The predicted octanol–water partition coefficient (Wildman–Crippen LogP) is 1.62. The Bertz CT molecular complexity index is 453. The summed E-state index contributed by atoms with van der Waals surface area (Å²) in [5.41, 5.74) is 1.50. The lowest BCUT2D eigenvalue weighted by Gasteiger charge is -2.28. The van der Waals surface area contributed by atoms with Crippen molar-refractivity contribution in [1.82, 2.24) is 14.7 Å². The van der Waals surface area contributed by atoms with Crippen LogP contribution < -0.4 is 4.90 Å². The molecule has 0 aliphatic carbocycles. The van der Waals surface area contributed by atoms with Gasteiger partial charge in [-0.25, -0.2) is 0 Å². The summed E-state index contributed by atoms with van der Waals surface area (Å²) in [4.78, 5) is 4.42. The summed E-state index contributed by atoms with van der Waals surface area (Å²) in [5, 5.41) is 13.7. The number of aryl methyl sites for hydroxylation is 2. The molecule has 0 saturated heterocycles. The van der Waals surface area contributed by atoms with Gasteiger partial charge < -0.3 is 9.80 Å². The van der Waals surface area contributed by atoms with E-state index >= 15 is 0 Å². The molecule has 0 radical (unpaired) electrons. The van der Waals surface area contributed by atoms with Crippen molar-refractivity contribution in [2.75, 3.05) is 38.6 Å². The quantitative estimate of drug-likeness (QED) is 0.782. The molecule has 5 nitrogen and oxygen atoms in total. The topological polar surface area (TPSA) is 48.1 Å². The van der Waals surface area contributed by atoms with E-state index in [-0.39, 0.29) is 0 Å². The van der Waals surface area contributed by atoms with Crippen molar-refractivity contribution in [3.63, 3.8) is 0 Å². The Balaban J connectivity index is 3.06. The molecule has 0 N–H and O–H groups in total. The van der Waals surface area contributed by atoms with Gasteiger partial charge in [0.2, 0.25) is 0 Å². The molecular weight excluding hydrogens is 238 g/mol. The average Bonchev–Trinajstić information content (AvgIpc) is 2.58. The Kier molecular flexibility index (Phi) is 5.37. The second-order valence-electron chi connectivity index (χ2n) is 5.66. The smallest absolute Gasteiger partial charge is 0.145 e. The van der Waals surface area contributed by atoms with Crippen LogP contribution in [0.25, 0.3) is 0 Å². The summed E-state index contributed by atoms with van der Waals surface area (Å²) in [5.74, 6) is 1.49. The molecule has 0 atom stereocenters. The van der Waals surface area contributed by atoms with Crippen LogP contribution in [-0.2, 0) is 7.05 Å². The van der Waals surface area contributed by atoms with Crippen molar-refractivity contribution in [2.45, 2.75) is 20.8 Å². The SMILES string of the molecule is Cc1nn(C)c(N(CCN(C)C)CC(C)C)c1C#N. The lowest BCUT2D eigenvalue weighted by atomic mass is 10.2. The molecule has 1 rings (SSSR count). The van der Waals surface area contributed by atoms with Crippen molar-refractivity contribution >= 4 is 5.82 Å². The van der Waals surface area contributed by atoms with Crippen molar-refractivity contribution in [2.24, 2.45) is 13.0 Å². The maximum Gasteiger partial charge on any atom is 0.145 e. The van der Waals surface area contributed by atoms with Crippen LogP contribution in [0.4, 0.5) is 5.82 Å². The molecule has 0 aliphatic rings. The lowest BCUT2D eigenvalue weighted by molar-refractivity contribution is 0.407. The van der Waals surface area contributed by atoms with E-state index in [0.717, 1.165) is 31.1 Å². The number of aromatic nitrogens is 2. The van der Waals surface area contributed by atoms with Gasteiger partial charge in [-0.15, -0.1) is 0 Å². The van der Waals surface area contributed by atoms with Gasteiger partial charge in [0, 0.05) is 26.7 Å². The first-order valence-electron chi connectivity index (χ1n) is 6.70. The van der Waals surface area contributed by atoms with Crippen LogP contribution >= 0.6 is 0 Å². The van der Waals surface area contributed by atoms with Gasteiger partial charge in [-0.1, -0.05) is 13.8 Å². The first kappa shape index (κ1) is 15.5. The molecule has 1 aromatic rings. The molecular formula is C14H25N5. The summed E-state index contributed by atoms with van der Waals surface area (Å²) in [7, 11) is 6.03. The van der Waals surface area contributed by atoms with E-state index in [0.29, 0.717) is 11.5 Å². The zero-order valence-electron chi connectivity index (χ0n) is 12.9. The molecule has 5 heteroatoms. The molecule has 106 valence electrons. The van der Waals surface area contributed by atoms with Crippen LogP contribution in [0, 0.1) is 24.2 Å². The molecule has 0 bridgehead atoms. The van der Waals surface area contributed by atoms with Gasteiger partial charge in [0.25, 0.3) is 0 Å². The van der Waals surface area contributed by atoms with Crippen LogP contribution in [0.1, 0.15) is 25.1 Å². The fourth-order valence-electron chi connectivity index (χ4n) is 2.18. The van der Waals surface area contributed by atoms with Crippen LogP contribution in [0.5, 0.6) is 0 Å². The third kappa shape index (κ3) is 3.97. The Labute approximate surface area is 116 Å². The van der Waals surface area contributed by atoms with E-state index in [1.165, 1.54) is 0 Å². The highest BCUT2D eigenvalue weighted by molar-refractivity contribution is 5.57. The van der Waals surface area contributed by atoms with E-state index in [1.807, 2.05) is 18.7 Å². The van der Waals surface area contributed by atoms with Crippen LogP contribution in [0.3, 0.4) is 0 Å². The summed E-state index contributed by atoms with van der Waals surface area (Å²) in [6.07, 6.45) is 0. The Hall–Kier alpha value is -1.54. The summed E-state index contributed by atoms with van der Waals surface area (Å²) in [6, 6.07) is 2.29. The predicted molar refractivity (Wildman–Crippen MR) is 78.3 cm³/mol. The first-order valence-corrected chi connectivity index (χ1v) is 6.70. The second kappa shape index (κ2) is 6.58. The zero-order chi connectivity index (χ0) is 14.6. The molecule has 1 heterocycles. The molecule has 0 spiro atoms. The number of likely N-dealkylation sites (N-methyl/N-ethyl adjacent to an activating group) is 1. The summed E-state index contributed by atoms with van der Waals surface area (Å²) < 4.78 is 1.83. The normalized spacial score (nSPS) is 11.1. The van der Waals surface area contributed by atoms with E-state index in [9.17, 15) is 5.26 Å². The number of nitrogens with zero attached hydrogens (tertiary/aromatic N) is 5. The Morgan fingerprint density at radius 2 is 1.95 bits per heavy atom. The highest BCUT2D eigenvalue weighted by atomic mass is 15.4. The number of anilines is 1. The number of hydrogen-bond donors (Lipinski definition) is 0. The number of nitriles is 1. The van der Waals surface area contributed by atoms with Gasteiger partial charge >= 0.3 is 0 Å². The van der Waals surface area contributed by atoms with Gasteiger partial charge in [0.05, 0.1) is 5.69 Å². The second-order valence-corrected chi connectivity index (χ2v) is 5.66. The molecule has 0 amide bonds. The standard InChI is InChI=1S/C14H25N5/c1-11(2)10-19(8-7-17(4)5)14-13(9-15)12(3)16-18(14)6/h11H,7-8,10H2,1-6H3. The van der Waals surface area contributed by atoms with Crippen LogP contribution in [0.2, 0.25) is 0 Å². The molecule has 0 aliphatic heterocycles. The highest BCUT2D eigenvalue weighted by Crippen LogP contribution is 2.23. The molecule has 19 heavy (non-hydrogen) atoms. The van der Waals surface area contributed by atoms with Gasteiger partial charge in [-0.2, -0.15) is 10.4 Å². The van der Waals surface area contributed by atoms with Gasteiger partial charge in [-0.3, -0.25) is 4.68 Å². The maximum atomic E-state index is 9.33. The highest BCUT2D eigenvalue weighted by Gasteiger charge is 2.20. The fourth-order valence-corrected chi connectivity index (χ4v) is 2.18. The minimum Gasteiger partial charge on any atom is -0.354 e. The summed E-state index contributed by atoms with van der Waals surface area (Å²) in [6.45, 7) is 9.07. The lowest BCUT2D eigenvalue weighted by Crippen LogP contribution is -2.36. The largest absolute Gasteiger partial charge is 0.354 e. The van der Waals surface area contributed by atoms with Gasteiger partial charge in [-0.05, 0) is 26.9 Å². The van der Waals surface area contributed by atoms with Crippen molar-refractivity contribution in [1.29, 1.82) is 5.26 Å². The number of hydrogen-bond acceptors (Lipinski definition) is 4. The number of rotatable bonds is 6. The molecule has 1 aromatic heterocycles. The molecule has 0 aromatic carbocycles. The maximum absolute atomic E-state index is 9.33. The molecule has 0 fully saturated rings. The van der Waals surface area contributed by atoms with E-state index in [2.05, 4.69) is 48.9 Å². The summed E-state index contributed by atoms with van der Waals surface area (Å²) >= 11 is 0. The van der Waals surface area contributed by atoms with Crippen LogP contribution in [-0.4, -0.2) is 48.4 Å². The monoisotopic (exact) mass is 263 g/mol. The third-order valence-corrected chi connectivity index (χ3v) is 3.01. The molecule has 0 unspecified atom stereocenters. The van der Waals surface area contributed by atoms with E-state index in [1.54, 1.807) is 0 Å². The van der Waals surface area contributed by atoms with Crippen molar-refractivity contribution in [3.05, 3.63) is 11.3 Å². The van der Waals surface area contributed by atoms with E-state index < -0.39 is 0 Å². The van der Waals surface area contributed by atoms with E-state index in [4.69, 9.17) is 0 Å². The minimum absolute atomic E-state index is 0.545. The Morgan fingerprint density at radius 3 is 2.42 bits per heavy atom. The van der Waals surface area contributed by atoms with Crippen LogP contribution in [0.15, 0.2) is 0 Å². The minimum atomic E-state index is 0.545. The Morgan fingerprint density at radius 1 is 1.32 bits per heavy atom. The first-order chi connectivity index (χ1) is 8.86. The van der Waals surface area contributed by atoms with Gasteiger partial charge in [0.1, 0.15) is 17.5 Å². The third-order valence-electron chi connectivity index (χ3n) is 3.01. The average molecular weight is 263 g/mol. The molecule has 0 saturated carbocycles. The fraction of sp³-hybridized carbons (Fsp3) is 0.714.